The molecule has 1 heterocycles. The summed E-state index contributed by atoms with van der Waals surface area (Å²) < 4.78 is 38.7. The molecule has 1 aliphatic heterocycles. The standard InChI is InChI=1S/C19H25F3N3O2PS/c1-12(14-5-7-15(20)8-6-14)23-17-24-16(27)18(3,29-17)9-4-10-25(13(2)26)11-19(21,22)28/h5-8,12H,4,9-11,28H2,1-3H3,(H,23,24,27)/t12-,18?/m0/s1. The van der Waals surface area contributed by atoms with Gasteiger partial charge in [0.15, 0.2) is 5.17 Å². The van der Waals surface area contributed by atoms with Crippen LogP contribution in [-0.2, 0) is 9.59 Å². The van der Waals surface area contributed by atoms with Gasteiger partial charge in [0.2, 0.25) is 11.8 Å². The van der Waals surface area contributed by atoms with Crippen LogP contribution in [0.1, 0.15) is 45.2 Å². The van der Waals surface area contributed by atoms with E-state index in [-0.39, 0.29) is 24.3 Å². The number of aliphatic imine (C=N–C) groups is 1. The number of rotatable bonds is 8. The molecule has 1 aliphatic rings. The summed E-state index contributed by atoms with van der Waals surface area (Å²) in [4.78, 5) is 29.6. The minimum Gasteiger partial charge on any atom is -0.337 e. The van der Waals surface area contributed by atoms with Gasteiger partial charge in [-0.3, -0.25) is 14.6 Å². The van der Waals surface area contributed by atoms with Gasteiger partial charge in [0, 0.05) is 13.5 Å². The van der Waals surface area contributed by atoms with Gasteiger partial charge >= 0.3 is 0 Å². The number of benzene rings is 1. The summed E-state index contributed by atoms with van der Waals surface area (Å²) in [7, 11) is 1.43. The van der Waals surface area contributed by atoms with E-state index >= 15 is 0 Å². The molecule has 1 fully saturated rings. The number of hydrogen-bond acceptors (Lipinski definition) is 4. The monoisotopic (exact) mass is 447 g/mol. The fourth-order valence-electron chi connectivity index (χ4n) is 2.94. The summed E-state index contributed by atoms with van der Waals surface area (Å²) in [5, 5.41) is 3.22. The topological polar surface area (TPSA) is 61.8 Å². The van der Waals surface area contributed by atoms with Crippen molar-refractivity contribution in [1.82, 2.24) is 10.2 Å². The van der Waals surface area contributed by atoms with Gasteiger partial charge in [-0.15, -0.1) is 0 Å². The maximum absolute atomic E-state index is 13.2. The number of amides is 2. The summed E-state index contributed by atoms with van der Waals surface area (Å²) in [6.07, 6.45) is 0.803. The molecule has 29 heavy (non-hydrogen) atoms. The second-order valence-electron chi connectivity index (χ2n) is 7.25. The largest absolute Gasteiger partial charge is 0.337 e. The fraction of sp³-hybridized carbons (Fsp3) is 0.526. The van der Waals surface area contributed by atoms with Crippen LogP contribution in [0.2, 0.25) is 0 Å². The zero-order valence-corrected chi connectivity index (χ0v) is 18.5. The molecule has 1 N–H and O–H groups in total. The highest BCUT2D eigenvalue weighted by Gasteiger charge is 2.42. The van der Waals surface area contributed by atoms with Gasteiger partial charge in [0.1, 0.15) is 5.82 Å². The third-order valence-corrected chi connectivity index (χ3v) is 6.04. The number of amidine groups is 1. The predicted molar refractivity (Wildman–Crippen MR) is 113 cm³/mol. The Morgan fingerprint density at radius 1 is 1.38 bits per heavy atom. The lowest BCUT2D eigenvalue weighted by molar-refractivity contribution is -0.131. The van der Waals surface area contributed by atoms with Crippen LogP contribution in [0.3, 0.4) is 0 Å². The van der Waals surface area contributed by atoms with Gasteiger partial charge in [-0.05, 0) is 44.4 Å². The Kier molecular flexibility index (Phi) is 7.74. The number of nitrogens with one attached hydrogen (secondary N) is 1. The molecule has 1 saturated heterocycles. The third-order valence-electron chi connectivity index (χ3n) is 4.61. The van der Waals surface area contributed by atoms with Crippen molar-refractivity contribution in [2.75, 3.05) is 13.1 Å². The first-order chi connectivity index (χ1) is 13.4. The Morgan fingerprint density at radius 2 is 2.00 bits per heavy atom. The zero-order valence-electron chi connectivity index (χ0n) is 16.5. The lowest BCUT2D eigenvalue weighted by Crippen LogP contribution is -2.39. The third kappa shape index (κ3) is 7.00. The van der Waals surface area contributed by atoms with Gasteiger partial charge < -0.3 is 10.2 Å². The molecule has 1 aromatic carbocycles. The summed E-state index contributed by atoms with van der Waals surface area (Å²) >= 11 is 1.28. The van der Waals surface area contributed by atoms with Crippen molar-refractivity contribution in [2.45, 2.75) is 50.1 Å². The van der Waals surface area contributed by atoms with Gasteiger partial charge in [0.05, 0.1) is 17.3 Å². The number of carbonyl (C=O) groups is 2. The molecule has 0 spiro atoms. The summed E-state index contributed by atoms with van der Waals surface area (Å²) in [6.45, 7) is 4.32. The van der Waals surface area contributed by atoms with Crippen LogP contribution >= 0.6 is 21.0 Å². The average Bonchev–Trinajstić information content (AvgIpc) is 2.87. The first-order valence-corrected chi connectivity index (χ1v) is 10.5. The van der Waals surface area contributed by atoms with Crippen LogP contribution < -0.4 is 5.32 Å². The van der Waals surface area contributed by atoms with Crippen molar-refractivity contribution < 1.29 is 22.8 Å². The molecule has 5 nitrogen and oxygen atoms in total. The molecule has 0 radical (unpaired) electrons. The Balaban J connectivity index is 1.97. The minimum atomic E-state index is -3.05. The fourth-order valence-corrected chi connectivity index (χ4v) is 4.33. The molecule has 1 aromatic rings. The Labute approximate surface area is 175 Å². The molecule has 2 unspecified atom stereocenters. The first kappa shape index (κ1) is 23.7. The number of halogens is 3. The van der Waals surface area contributed by atoms with E-state index in [0.717, 1.165) is 10.5 Å². The molecule has 0 saturated carbocycles. The van der Waals surface area contributed by atoms with Crippen LogP contribution in [0.5, 0.6) is 0 Å². The van der Waals surface area contributed by atoms with Gasteiger partial charge in [-0.2, -0.15) is 0 Å². The normalized spacial score (nSPS) is 21.9. The molecule has 10 heteroatoms. The molecule has 0 aromatic heterocycles. The second-order valence-corrected chi connectivity index (χ2v) is 9.59. The molecular formula is C19H25F3N3O2PS. The molecule has 0 bridgehead atoms. The average molecular weight is 447 g/mol. The van der Waals surface area contributed by atoms with Crippen molar-refractivity contribution in [3.8, 4) is 0 Å². The van der Waals surface area contributed by atoms with Crippen LogP contribution in [0.25, 0.3) is 0 Å². The van der Waals surface area contributed by atoms with Crippen molar-refractivity contribution >= 4 is 38.0 Å². The number of thioether (sulfide) groups is 1. The highest BCUT2D eigenvalue weighted by atomic mass is 32.2. The maximum Gasteiger partial charge on any atom is 0.276 e. The molecule has 3 atom stereocenters. The summed E-state index contributed by atoms with van der Waals surface area (Å²) in [5.41, 5.74) is -2.23. The zero-order chi connectivity index (χ0) is 21.8. The van der Waals surface area contributed by atoms with Gasteiger partial charge in [-0.1, -0.05) is 33.1 Å². The highest BCUT2D eigenvalue weighted by Crippen LogP contribution is 2.37. The number of nitrogens with zero attached hydrogens (tertiary/aromatic N) is 2. The molecular weight excluding hydrogens is 422 g/mol. The molecule has 2 rings (SSSR count). The molecule has 2 amide bonds. The first-order valence-electron chi connectivity index (χ1n) is 9.15. The van der Waals surface area contributed by atoms with Gasteiger partial charge in [0.25, 0.3) is 5.66 Å². The van der Waals surface area contributed by atoms with E-state index in [2.05, 4.69) is 10.3 Å². The SMILES string of the molecule is CC(=O)N(CCCC1(C)SC(=N[C@@H](C)c2ccc(F)cc2)NC1=O)CC(F)(F)P. The number of carbonyl (C=O) groups excluding carboxylic acids is 2. The van der Waals surface area contributed by atoms with E-state index in [4.69, 9.17) is 0 Å². The van der Waals surface area contributed by atoms with Crippen LogP contribution in [0.15, 0.2) is 29.3 Å². The molecule has 160 valence electrons. The lowest BCUT2D eigenvalue weighted by atomic mass is 10.0. The Hall–Kier alpha value is -1.60. The van der Waals surface area contributed by atoms with E-state index in [1.807, 2.05) is 6.92 Å². The van der Waals surface area contributed by atoms with E-state index in [9.17, 15) is 22.8 Å². The number of hydrogen-bond donors (Lipinski definition) is 1. The smallest absolute Gasteiger partial charge is 0.276 e. The number of alkyl halides is 2. The van der Waals surface area contributed by atoms with Gasteiger partial charge in [-0.25, -0.2) is 13.2 Å². The minimum absolute atomic E-state index is 0.140. The van der Waals surface area contributed by atoms with Crippen LogP contribution in [-0.4, -0.2) is 45.4 Å². The second kappa shape index (κ2) is 9.47. The van der Waals surface area contributed by atoms with E-state index < -0.39 is 22.9 Å². The predicted octanol–water partition coefficient (Wildman–Crippen LogP) is 3.96. The molecule has 0 aliphatic carbocycles. The quantitative estimate of drug-likeness (QED) is 0.614. The van der Waals surface area contributed by atoms with E-state index in [0.29, 0.717) is 18.0 Å². The lowest BCUT2D eigenvalue weighted by Gasteiger charge is -2.26. The van der Waals surface area contributed by atoms with Crippen molar-refractivity contribution in [1.29, 1.82) is 0 Å². The Bertz CT molecular complexity index is 786. The van der Waals surface area contributed by atoms with E-state index in [1.165, 1.54) is 40.1 Å². The summed E-state index contributed by atoms with van der Waals surface area (Å²) in [5.74, 6) is -0.974. The van der Waals surface area contributed by atoms with Crippen LogP contribution in [0, 0.1) is 5.82 Å². The summed E-state index contributed by atoms with van der Waals surface area (Å²) in [6, 6.07) is 5.73. The van der Waals surface area contributed by atoms with Crippen molar-refractivity contribution in [3.63, 3.8) is 0 Å². The Morgan fingerprint density at radius 3 is 2.55 bits per heavy atom. The maximum atomic E-state index is 13.2. The van der Waals surface area contributed by atoms with Crippen molar-refractivity contribution in [3.05, 3.63) is 35.6 Å². The van der Waals surface area contributed by atoms with Crippen LogP contribution in [0.4, 0.5) is 13.2 Å². The van der Waals surface area contributed by atoms with Crippen molar-refractivity contribution in [2.24, 2.45) is 4.99 Å². The van der Waals surface area contributed by atoms with E-state index in [1.54, 1.807) is 19.1 Å². The highest BCUT2D eigenvalue weighted by molar-refractivity contribution is 8.16.